The summed E-state index contributed by atoms with van der Waals surface area (Å²) in [6, 6.07) is 16.3. The van der Waals surface area contributed by atoms with Crippen molar-refractivity contribution in [1.29, 1.82) is 0 Å². The zero-order valence-corrected chi connectivity index (χ0v) is 13.3. The monoisotopic (exact) mass is 334 g/mol. The number of aliphatic hydroxyl groups is 1. The normalized spacial score (nSPS) is 10.5. The standard InChI is InChI=1S/C19H18O5.Li.H/c1-2-23-19(22)18(21)12-17(20)15-9-6-10-16(11-15)24-13-14-7-4-3-5-8-14;;/h3-12,20H,2,13H2,1H3;;. The second-order valence-electron chi connectivity index (χ2n) is 4.92. The molecule has 0 spiro atoms. The molecular formula is C19H19LiO5. The predicted octanol–water partition coefficient (Wildman–Crippen LogP) is 2.65. The number of aliphatic hydroxyl groups excluding tert-OH is 1. The van der Waals surface area contributed by atoms with Crippen molar-refractivity contribution in [3.05, 3.63) is 71.8 Å². The Morgan fingerprint density at radius 1 is 1.08 bits per heavy atom. The van der Waals surface area contributed by atoms with E-state index in [9.17, 15) is 14.7 Å². The number of rotatable bonds is 7. The second kappa shape index (κ2) is 10.4. The van der Waals surface area contributed by atoms with Gasteiger partial charge in [0.25, 0.3) is 5.78 Å². The van der Waals surface area contributed by atoms with Gasteiger partial charge in [0.05, 0.1) is 6.61 Å². The molecule has 126 valence electrons. The van der Waals surface area contributed by atoms with Crippen LogP contribution in [0.2, 0.25) is 0 Å². The summed E-state index contributed by atoms with van der Waals surface area (Å²) in [4.78, 5) is 22.9. The van der Waals surface area contributed by atoms with Crippen LogP contribution in [0, 0.1) is 0 Å². The summed E-state index contributed by atoms with van der Waals surface area (Å²) in [7, 11) is 0. The first-order valence-electron chi connectivity index (χ1n) is 7.49. The van der Waals surface area contributed by atoms with Crippen molar-refractivity contribution >= 4 is 36.4 Å². The number of hydrogen-bond donors (Lipinski definition) is 1. The van der Waals surface area contributed by atoms with Crippen LogP contribution >= 0.6 is 0 Å². The van der Waals surface area contributed by atoms with Crippen LogP contribution in [0.25, 0.3) is 5.76 Å². The van der Waals surface area contributed by atoms with Gasteiger partial charge in [-0.25, -0.2) is 4.79 Å². The van der Waals surface area contributed by atoms with Crippen LogP contribution in [0.4, 0.5) is 0 Å². The molecule has 0 aliphatic rings. The Balaban J connectivity index is 0.00000312. The SMILES string of the molecule is CCOC(=O)C(=O)C=C(O)c1cccc(OCc2ccccc2)c1.[LiH]. The molecule has 0 fully saturated rings. The quantitative estimate of drug-likeness (QED) is 0.277. The van der Waals surface area contributed by atoms with E-state index in [0.717, 1.165) is 11.6 Å². The van der Waals surface area contributed by atoms with Gasteiger partial charge in [-0.2, -0.15) is 0 Å². The van der Waals surface area contributed by atoms with Crippen molar-refractivity contribution < 1.29 is 24.2 Å². The molecule has 0 bridgehead atoms. The zero-order valence-electron chi connectivity index (χ0n) is 13.3. The molecule has 0 aromatic heterocycles. The van der Waals surface area contributed by atoms with Crippen LogP contribution in [0.3, 0.4) is 0 Å². The third kappa shape index (κ3) is 6.50. The molecule has 0 unspecified atom stereocenters. The van der Waals surface area contributed by atoms with Crippen molar-refractivity contribution in [2.24, 2.45) is 0 Å². The maximum atomic E-state index is 11.6. The van der Waals surface area contributed by atoms with E-state index in [4.69, 9.17) is 4.74 Å². The van der Waals surface area contributed by atoms with Gasteiger partial charge < -0.3 is 14.6 Å². The molecule has 0 radical (unpaired) electrons. The Morgan fingerprint density at radius 2 is 1.80 bits per heavy atom. The first kappa shape index (κ1) is 20.6. The molecule has 2 rings (SSSR count). The number of benzene rings is 2. The molecule has 6 heteroatoms. The topological polar surface area (TPSA) is 72.8 Å². The van der Waals surface area contributed by atoms with Gasteiger partial charge in [0.2, 0.25) is 0 Å². The van der Waals surface area contributed by atoms with Crippen molar-refractivity contribution in [1.82, 2.24) is 0 Å². The summed E-state index contributed by atoms with van der Waals surface area (Å²) < 4.78 is 10.2. The fourth-order valence-electron chi connectivity index (χ4n) is 1.95. The fourth-order valence-corrected chi connectivity index (χ4v) is 1.95. The van der Waals surface area contributed by atoms with Crippen LogP contribution in [0.5, 0.6) is 5.75 Å². The number of esters is 1. The second-order valence-corrected chi connectivity index (χ2v) is 4.92. The van der Waals surface area contributed by atoms with Crippen LogP contribution in [0.1, 0.15) is 18.1 Å². The van der Waals surface area contributed by atoms with E-state index in [0.29, 0.717) is 17.9 Å². The summed E-state index contributed by atoms with van der Waals surface area (Å²) >= 11 is 0. The molecule has 0 aliphatic heterocycles. The molecule has 0 heterocycles. The van der Waals surface area contributed by atoms with Crippen molar-refractivity contribution in [2.45, 2.75) is 13.5 Å². The van der Waals surface area contributed by atoms with Crippen molar-refractivity contribution in [3.8, 4) is 5.75 Å². The fraction of sp³-hybridized carbons (Fsp3) is 0.158. The molecule has 0 saturated heterocycles. The van der Waals surface area contributed by atoms with Crippen LogP contribution in [0.15, 0.2) is 60.7 Å². The molecule has 0 amide bonds. The number of carbonyl (C=O) groups excluding carboxylic acids is 2. The van der Waals surface area contributed by atoms with Crippen molar-refractivity contribution in [2.75, 3.05) is 6.61 Å². The zero-order chi connectivity index (χ0) is 17.4. The molecule has 2 aromatic carbocycles. The average Bonchev–Trinajstić information content (AvgIpc) is 2.61. The molecule has 5 nitrogen and oxygen atoms in total. The summed E-state index contributed by atoms with van der Waals surface area (Å²) in [6.07, 6.45) is 0.842. The van der Waals surface area contributed by atoms with Gasteiger partial charge in [-0.05, 0) is 24.6 Å². The molecule has 0 saturated carbocycles. The first-order chi connectivity index (χ1) is 11.6. The van der Waals surface area contributed by atoms with Gasteiger partial charge in [-0.15, -0.1) is 0 Å². The van der Waals surface area contributed by atoms with Gasteiger partial charge in [0.15, 0.2) is 0 Å². The average molecular weight is 334 g/mol. The van der Waals surface area contributed by atoms with E-state index in [1.165, 1.54) is 0 Å². The maximum absolute atomic E-state index is 11.6. The van der Waals surface area contributed by atoms with Crippen LogP contribution in [-0.2, 0) is 20.9 Å². The van der Waals surface area contributed by atoms with Gasteiger partial charge in [0, 0.05) is 11.6 Å². The Kier molecular flexibility index (Phi) is 8.55. The Bertz CT molecular complexity index is 740. The van der Waals surface area contributed by atoms with E-state index < -0.39 is 11.8 Å². The summed E-state index contributed by atoms with van der Waals surface area (Å²) in [5.41, 5.74) is 1.39. The third-order valence-corrected chi connectivity index (χ3v) is 3.12. The molecule has 1 N–H and O–H groups in total. The van der Waals surface area contributed by atoms with E-state index >= 15 is 0 Å². The van der Waals surface area contributed by atoms with Gasteiger partial charge in [-0.3, -0.25) is 4.79 Å². The van der Waals surface area contributed by atoms with Crippen LogP contribution in [-0.4, -0.2) is 42.3 Å². The summed E-state index contributed by atoms with van der Waals surface area (Å²) in [5, 5.41) is 9.99. The van der Waals surface area contributed by atoms with E-state index in [1.54, 1.807) is 31.2 Å². The van der Waals surface area contributed by atoms with Crippen LogP contribution < -0.4 is 4.74 Å². The number of carbonyl (C=O) groups is 2. The molecule has 25 heavy (non-hydrogen) atoms. The summed E-state index contributed by atoms with van der Waals surface area (Å²) in [5.74, 6) is -1.69. The van der Waals surface area contributed by atoms with E-state index in [1.807, 2.05) is 30.3 Å². The minimum atomic E-state index is -1.000. The number of ketones is 1. The molecule has 0 aliphatic carbocycles. The Hall–Kier alpha value is -2.48. The Labute approximate surface area is 158 Å². The minimum absolute atomic E-state index is 0. The number of hydrogen-bond acceptors (Lipinski definition) is 5. The molecule has 2 aromatic rings. The van der Waals surface area contributed by atoms with Gasteiger partial charge in [-0.1, -0.05) is 42.5 Å². The van der Waals surface area contributed by atoms with Gasteiger partial charge in [0.1, 0.15) is 18.1 Å². The first-order valence-corrected chi connectivity index (χ1v) is 7.49. The van der Waals surface area contributed by atoms with E-state index in [2.05, 4.69) is 4.74 Å². The van der Waals surface area contributed by atoms with Gasteiger partial charge >= 0.3 is 24.8 Å². The Morgan fingerprint density at radius 3 is 2.48 bits per heavy atom. The third-order valence-electron chi connectivity index (χ3n) is 3.12. The van der Waals surface area contributed by atoms with E-state index in [-0.39, 0.29) is 31.2 Å². The predicted molar refractivity (Wildman–Crippen MR) is 96.6 cm³/mol. The molecule has 0 atom stereocenters. The summed E-state index contributed by atoms with van der Waals surface area (Å²) in [6.45, 7) is 2.08. The van der Waals surface area contributed by atoms with Crippen molar-refractivity contribution in [3.63, 3.8) is 0 Å². The molecular weight excluding hydrogens is 315 g/mol. The number of ether oxygens (including phenoxy) is 2.